The summed E-state index contributed by atoms with van der Waals surface area (Å²) in [4.78, 5) is 0. The number of aromatic nitrogens is 4. The molecule has 2 aromatic heterocycles. The number of hydrogen-bond acceptors (Lipinski definition) is 4. The van der Waals surface area contributed by atoms with E-state index in [4.69, 9.17) is 4.74 Å². The molecule has 1 aliphatic rings. The van der Waals surface area contributed by atoms with E-state index in [-0.39, 0.29) is 0 Å². The van der Waals surface area contributed by atoms with Gasteiger partial charge >= 0.3 is 0 Å². The van der Waals surface area contributed by atoms with Crippen molar-refractivity contribution in [3.63, 3.8) is 0 Å². The summed E-state index contributed by atoms with van der Waals surface area (Å²) in [5.74, 6) is 1.67. The highest BCUT2D eigenvalue weighted by atomic mass is 16.5. The number of rotatable bonds is 0. The highest BCUT2D eigenvalue weighted by Crippen LogP contribution is 2.35. The SMILES string of the molecule is Cc1nnc2cc3c(nn12)-c1ccccc1OC3. The molecule has 0 N–H and O–H groups in total. The Morgan fingerprint density at radius 3 is 3.06 bits per heavy atom. The molecule has 0 bridgehead atoms. The van der Waals surface area contributed by atoms with Gasteiger partial charge in [0, 0.05) is 11.1 Å². The monoisotopic (exact) mass is 238 g/mol. The molecule has 5 nitrogen and oxygen atoms in total. The molecule has 0 atom stereocenters. The average molecular weight is 238 g/mol. The van der Waals surface area contributed by atoms with Crippen LogP contribution in [0.1, 0.15) is 11.4 Å². The van der Waals surface area contributed by atoms with Gasteiger partial charge in [0.05, 0.1) is 0 Å². The summed E-state index contributed by atoms with van der Waals surface area (Å²) in [5.41, 5.74) is 3.78. The molecule has 0 spiro atoms. The van der Waals surface area contributed by atoms with Gasteiger partial charge in [0.15, 0.2) is 11.5 Å². The summed E-state index contributed by atoms with van der Waals surface area (Å²) in [5, 5.41) is 12.7. The van der Waals surface area contributed by atoms with Gasteiger partial charge in [-0.25, -0.2) is 0 Å². The van der Waals surface area contributed by atoms with E-state index in [1.54, 1.807) is 4.52 Å². The molecule has 4 rings (SSSR count). The molecule has 18 heavy (non-hydrogen) atoms. The minimum atomic E-state index is 0.530. The first-order valence-corrected chi connectivity index (χ1v) is 5.77. The zero-order valence-electron chi connectivity index (χ0n) is 9.79. The number of hydrogen-bond donors (Lipinski definition) is 0. The maximum atomic E-state index is 5.71. The maximum absolute atomic E-state index is 5.71. The summed E-state index contributed by atoms with van der Waals surface area (Å²) in [6.45, 7) is 2.42. The standard InChI is InChI=1S/C13H10N4O/c1-8-14-15-12-6-9-7-18-11-5-3-2-4-10(11)13(9)16-17(8)12/h2-6H,7H2,1H3. The van der Waals surface area contributed by atoms with E-state index >= 15 is 0 Å². The van der Waals surface area contributed by atoms with Crippen LogP contribution in [0.25, 0.3) is 16.9 Å². The Bertz CT molecular complexity index is 763. The first-order chi connectivity index (χ1) is 8.83. The topological polar surface area (TPSA) is 52.3 Å². The van der Waals surface area contributed by atoms with Crippen molar-refractivity contribution in [2.75, 3.05) is 0 Å². The van der Waals surface area contributed by atoms with E-state index < -0.39 is 0 Å². The van der Waals surface area contributed by atoms with Crippen molar-refractivity contribution in [3.05, 3.63) is 41.7 Å². The summed E-state index contributed by atoms with van der Waals surface area (Å²) in [6.07, 6.45) is 0. The van der Waals surface area contributed by atoms with Crippen LogP contribution in [0.2, 0.25) is 0 Å². The minimum absolute atomic E-state index is 0.530. The smallest absolute Gasteiger partial charge is 0.178 e. The first-order valence-electron chi connectivity index (χ1n) is 5.77. The van der Waals surface area contributed by atoms with Crippen LogP contribution in [0.4, 0.5) is 0 Å². The van der Waals surface area contributed by atoms with Crippen molar-refractivity contribution < 1.29 is 4.74 Å². The van der Waals surface area contributed by atoms with E-state index in [0.29, 0.717) is 6.61 Å². The fourth-order valence-corrected chi connectivity index (χ4v) is 2.26. The minimum Gasteiger partial charge on any atom is -0.488 e. The molecule has 5 heteroatoms. The second-order valence-corrected chi connectivity index (χ2v) is 4.32. The molecule has 0 aliphatic carbocycles. The van der Waals surface area contributed by atoms with Crippen LogP contribution in [0.3, 0.4) is 0 Å². The van der Waals surface area contributed by atoms with E-state index in [1.165, 1.54) is 0 Å². The second kappa shape index (κ2) is 3.29. The predicted octanol–water partition coefficient (Wildman–Crippen LogP) is 1.99. The number of para-hydroxylation sites is 1. The molecular weight excluding hydrogens is 228 g/mol. The third-order valence-electron chi connectivity index (χ3n) is 3.15. The van der Waals surface area contributed by atoms with E-state index in [9.17, 15) is 0 Å². The van der Waals surface area contributed by atoms with Crippen molar-refractivity contribution in [1.82, 2.24) is 19.8 Å². The van der Waals surface area contributed by atoms with Gasteiger partial charge < -0.3 is 4.74 Å². The molecule has 0 saturated heterocycles. The van der Waals surface area contributed by atoms with Gasteiger partial charge in [0.1, 0.15) is 18.1 Å². The molecule has 3 heterocycles. The zero-order valence-corrected chi connectivity index (χ0v) is 9.79. The Labute approximate surface area is 103 Å². The lowest BCUT2D eigenvalue weighted by Gasteiger charge is -2.19. The summed E-state index contributed by atoms with van der Waals surface area (Å²) in [7, 11) is 0. The summed E-state index contributed by atoms with van der Waals surface area (Å²) < 4.78 is 7.47. The van der Waals surface area contributed by atoms with Crippen molar-refractivity contribution in [2.45, 2.75) is 13.5 Å². The van der Waals surface area contributed by atoms with Crippen molar-refractivity contribution in [3.8, 4) is 17.0 Å². The average Bonchev–Trinajstić information content (AvgIpc) is 2.78. The zero-order chi connectivity index (χ0) is 12.1. The number of aryl methyl sites for hydroxylation is 1. The van der Waals surface area contributed by atoms with Crippen LogP contribution in [-0.4, -0.2) is 19.8 Å². The second-order valence-electron chi connectivity index (χ2n) is 4.32. The Morgan fingerprint density at radius 2 is 2.11 bits per heavy atom. The Hall–Kier alpha value is -2.43. The highest BCUT2D eigenvalue weighted by molar-refractivity contribution is 5.72. The molecule has 0 amide bonds. The fraction of sp³-hybridized carbons (Fsp3) is 0.154. The maximum Gasteiger partial charge on any atom is 0.178 e. The van der Waals surface area contributed by atoms with Gasteiger partial charge in [-0.3, -0.25) is 0 Å². The number of fused-ring (bicyclic) bond motifs is 4. The number of nitrogens with zero attached hydrogens (tertiary/aromatic N) is 4. The summed E-state index contributed by atoms with van der Waals surface area (Å²) >= 11 is 0. The van der Waals surface area contributed by atoms with Crippen molar-refractivity contribution in [1.29, 1.82) is 0 Å². The molecule has 1 aromatic carbocycles. The normalized spacial score (nSPS) is 12.9. The fourth-order valence-electron chi connectivity index (χ4n) is 2.26. The molecule has 0 saturated carbocycles. The van der Waals surface area contributed by atoms with Crippen molar-refractivity contribution in [2.24, 2.45) is 0 Å². The van der Waals surface area contributed by atoms with Crippen LogP contribution in [0, 0.1) is 6.92 Å². The molecule has 0 fully saturated rings. The van der Waals surface area contributed by atoms with Crippen LogP contribution in [0.5, 0.6) is 5.75 Å². The molecule has 0 unspecified atom stereocenters. The van der Waals surface area contributed by atoms with E-state index in [2.05, 4.69) is 15.3 Å². The third kappa shape index (κ3) is 1.18. The van der Waals surface area contributed by atoms with Gasteiger partial charge in [-0.15, -0.1) is 10.2 Å². The van der Waals surface area contributed by atoms with Crippen LogP contribution < -0.4 is 4.74 Å². The van der Waals surface area contributed by atoms with Gasteiger partial charge in [0.2, 0.25) is 0 Å². The number of ether oxygens (including phenoxy) is 1. The lowest BCUT2D eigenvalue weighted by molar-refractivity contribution is 0.301. The number of benzene rings is 1. The van der Waals surface area contributed by atoms with Gasteiger partial charge in [-0.1, -0.05) is 12.1 Å². The molecule has 1 aliphatic heterocycles. The predicted molar refractivity (Wildman–Crippen MR) is 65.3 cm³/mol. The van der Waals surface area contributed by atoms with Crippen LogP contribution in [-0.2, 0) is 6.61 Å². The quantitative estimate of drug-likeness (QED) is 0.601. The molecule has 3 aromatic rings. The molecule has 88 valence electrons. The van der Waals surface area contributed by atoms with Gasteiger partial charge in [0.25, 0.3) is 0 Å². The highest BCUT2D eigenvalue weighted by Gasteiger charge is 2.20. The Morgan fingerprint density at radius 1 is 1.22 bits per heavy atom. The lowest BCUT2D eigenvalue weighted by Crippen LogP contribution is -2.09. The van der Waals surface area contributed by atoms with Crippen molar-refractivity contribution >= 4 is 5.65 Å². The third-order valence-corrected chi connectivity index (χ3v) is 3.15. The van der Waals surface area contributed by atoms with E-state index in [1.807, 2.05) is 37.3 Å². The van der Waals surface area contributed by atoms with Gasteiger partial charge in [-0.2, -0.15) is 9.61 Å². The lowest BCUT2D eigenvalue weighted by atomic mass is 10.0. The molecule has 0 radical (unpaired) electrons. The van der Waals surface area contributed by atoms with Gasteiger partial charge in [-0.05, 0) is 25.1 Å². The molecular formula is C13H10N4O. The van der Waals surface area contributed by atoms with E-state index in [0.717, 1.165) is 34.0 Å². The van der Waals surface area contributed by atoms with Crippen LogP contribution in [0.15, 0.2) is 30.3 Å². The van der Waals surface area contributed by atoms with Crippen LogP contribution >= 0.6 is 0 Å². The Balaban J connectivity index is 2.08. The largest absolute Gasteiger partial charge is 0.488 e. The summed E-state index contributed by atoms with van der Waals surface area (Å²) in [6, 6.07) is 9.92. The Kier molecular flexibility index (Phi) is 1.75. The first kappa shape index (κ1) is 9.58.